The van der Waals surface area contributed by atoms with Gasteiger partial charge in [0.15, 0.2) is 11.6 Å². The van der Waals surface area contributed by atoms with Crippen molar-refractivity contribution in [2.75, 3.05) is 14.2 Å². The van der Waals surface area contributed by atoms with E-state index in [-0.39, 0.29) is 6.04 Å². The van der Waals surface area contributed by atoms with Crippen molar-refractivity contribution in [2.24, 2.45) is 0 Å². The van der Waals surface area contributed by atoms with E-state index >= 15 is 0 Å². The Kier molecular flexibility index (Phi) is 4.91. The highest BCUT2D eigenvalue weighted by Gasteiger charge is 2.14. The number of ether oxygens (including phenoxy) is 1. The summed E-state index contributed by atoms with van der Waals surface area (Å²) in [6.45, 7) is 2.01. The highest BCUT2D eigenvalue weighted by Crippen LogP contribution is 2.25. The van der Waals surface area contributed by atoms with Crippen LogP contribution in [0.5, 0.6) is 5.75 Å². The molecule has 4 heteroatoms. The lowest BCUT2D eigenvalue weighted by molar-refractivity contribution is 0.414. The summed E-state index contributed by atoms with van der Waals surface area (Å²) in [5.74, 6) is -0.826. The summed E-state index contributed by atoms with van der Waals surface area (Å²) >= 11 is 0. The molecule has 0 bridgehead atoms. The lowest BCUT2D eigenvalue weighted by atomic mass is 9.95. The molecule has 0 spiro atoms. The Morgan fingerprint density at radius 3 is 2.43 bits per heavy atom. The van der Waals surface area contributed by atoms with Crippen molar-refractivity contribution < 1.29 is 13.5 Å². The van der Waals surface area contributed by atoms with Gasteiger partial charge in [0.25, 0.3) is 0 Å². The molecule has 0 heterocycles. The van der Waals surface area contributed by atoms with Crippen LogP contribution in [0.2, 0.25) is 0 Å². The molecule has 1 unspecified atom stereocenters. The van der Waals surface area contributed by atoms with Crippen LogP contribution < -0.4 is 10.1 Å². The number of hydrogen-bond acceptors (Lipinski definition) is 2. The van der Waals surface area contributed by atoms with Crippen LogP contribution in [0.1, 0.15) is 22.7 Å². The second-order valence-corrected chi connectivity index (χ2v) is 5.02. The van der Waals surface area contributed by atoms with Crippen molar-refractivity contribution >= 4 is 0 Å². The van der Waals surface area contributed by atoms with Crippen LogP contribution in [0.4, 0.5) is 8.78 Å². The lowest BCUT2D eigenvalue weighted by Crippen LogP contribution is -2.20. The van der Waals surface area contributed by atoms with Crippen LogP contribution in [0.15, 0.2) is 36.4 Å². The van der Waals surface area contributed by atoms with E-state index in [4.69, 9.17) is 4.74 Å². The molecule has 2 nitrogen and oxygen atoms in total. The molecule has 0 saturated heterocycles. The fraction of sp³-hybridized carbons (Fsp3) is 0.294. The fourth-order valence-electron chi connectivity index (χ4n) is 2.44. The summed E-state index contributed by atoms with van der Waals surface area (Å²) < 4.78 is 31.5. The molecule has 0 aromatic heterocycles. The standard InChI is InChI=1S/C17H19F2NO/c1-11-8-13(21-3)5-6-14(11)17(20-2)10-12-4-7-15(18)16(19)9-12/h4-9,17,20H,10H2,1-3H3. The first-order chi connectivity index (χ1) is 10.0. The molecule has 1 N–H and O–H groups in total. The van der Waals surface area contributed by atoms with Gasteiger partial charge in [-0.1, -0.05) is 12.1 Å². The predicted octanol–water partition coefficient (Wildman–Crippen LogP) is 3.79. The number of likely N-dealkylation sites (N-methyl/N-ethyl adjacent to an activating group) is 1. The summed E-state index contributed by atoms with van der Waals surface area (Å²) in [5, 5.41) is 3.22. The van der Waals surface area contributed by atoms with Gasteiger partial charge in [-0.05, 0) is 61.3 Å². The second kappa shape index (κ2) is 6.68. The zero-order valence-electron chi connectivity index (χ0n) is 12.4. The molecule has 1 atom stereocenters. The molecule has 0 aliphatic rings. The van der Waals surface area contributed by atoms with Gasteiger partial charge in [-0.25, -0.2) is 8.78 Å². The number of benzene rings is 2. The van der Waals surface area contributed by atoms with Gasteiger partial charge in [-0.15, -0.1) is 0 Å². The first kappa shape index (κ1) is 15.4. The number of methoxy groups -OCH3 is 1. The molecule has 0 aliphatic heterocycles. The van der Waals surface area contributed by atoms with Crippen LogP contribution in [0.25, 0.3) is 0 Å². The van der Waals surface area contributed by atoms with Crippen molar-refractivity contribution in [1.29, 1.82) is 0 Å². The Hall–Kier alpha value is -1.94. The maximum Gasteiger partial charge on any atom is 0.159 e. The zero-order valence-corrected chi connectivity index (χ0v) is 12.4. The second-order valence-electron chi connectivity index (χ2n) is 5.02. The lowest BCUT2D eigenvalue weighted by Gasteiger charge is -2.19. The van der Waals surface area contributed by atoms with Crippen molar-refractivity contribution in [3.63, 3.8) is 0 Å². The highest BCUT2D eigenvalue weighted by atomic mass is 19.2. The van der Waals surface area contributed by atoms with Gasteiger partial charge in [0.2, 0.25) is 0 Å². The Labute approximate surface area is 123 Å². The van der Waals surface area contributed by atoms with Crippen molar-refractivity contribution in [3.8, 4) is 5.75 Å². The van der Waals surface area contributed by atoms with Gasteiger partial charge in [0.1, 0.15) is 5.75 Å². The topological polar surface area (TPSA) is 21.3 Å². The third-order valence-corrected chi connectivity index (χ3v) is 3.62. The average Bonchev–Trinajstić information content (AvgIpc) is 2.48. The van der Waals surface area contributed by atoms with Crippen molar-refractivity contribution in [2.45, 2.75) is 19.4 Å². The van der Waals surface area contributed by atoms with Crippen LogP contribution in [-0.2, 0) is 6.42 Å². The Balaban J connectivity index is 2.25. The first-order valence-corrected chi connectivity index (χ1v) is 6.81. The molecule has 2 aromatic rings. The number of aryl methyl sites for hydroxylation is 1. The third kappa shape index (κ3) is 3.58. The van der Waals surface area contributed by atoms with Crippen LogP contribution >= 0.6 is 0 Å². The smallest absolute Gasteiger partial charge is 0.159 e. The minimum Gasteiger partial charge on any atom is -0.497 e. The molecule has 2 rings (SSSR count). The van der Waals surface area contributed by atoms with Gasteiger partial charge in [-0.2, -0.15) is 0 Å². The summed E-state index contributed by atoms with van der Waals surface area (Å²) in [7, 11) is 3.49. The van der Waals surface area contributed by atoms with E-state index in [1.54, 1.807) is 13.2 Å². The van der Waals surface area contributed by atoms with E-state index in [0.717, 1.165) is 28.5 Å². The zero-order chi connectivity index (χ0) is 15.4. The van der Waals surface area contributed by atoms with Crippen molar-refractivity contribution in [1.82, 2.24) is 5.32 Å². The van der Waals surface area contributed by atoms with Gasteiger partial charge in [-0.3, -0.25) is 0 Å². The van der Waals surface area contributed by atoms with E-state index < -0.39 is 11.6 Å². The maximum atomic E-state index is 13.3. The van der Waals surface area contributed by atoms with Gasteiger partial charge >= 0.3 is 0 Å². The van der Waals surface area contributed by atoms with E-state index in [0.29, 0.717) is 6.42 Å². The Morgan fingerprint density at radius 1 is 1.10 bits per heavy atom. The van der Waals surface area contributed by atoms with Crippen LogP contribution in [-0.4, -0.2) is 14.2 Å². The molecular formula is C17H19F2NO. The number of hydrogen-bond donors (Lipinski definition) is 1. The fourth-order valence-corrected chi connectivity index (χ4v) is 2.44. The largest absolute Gasteiger partial charge is 0.497 e. The van der Waals surface area contributed by atoms with E-state index in [9.17, 15) is 8.78 Å². The molecule has 21 heavy (non-hydrogen) atoms. The minimum absolute atomic E-state index is 0.0285. The molecule has 0 fully saturated rings. The van der Waals surface area contributed by atoms with Gasteiger partial charge in [0, 0.05) is 6.04 Å². The normalized spacial score (nSPS) is 12.2. The molecule has 0 radical (unpaired) electrons. The summed E-state index contributed by atoms with van der Waals surface area (Å²) in [6.07, 6.45) is 0.584. The van der Waals surface area contributed by atoms with Gasteiger partial charge in [0.05, 0.1) is 7.11 Å². The van der Waals surface area contributed by atoms with E-state index in [1.807, 2.05) is 32.2 Å². The molecule has 112 valence electrons. The molecule has 2 aromatic carbocycles. The monoisotopic (exact) mass is 291 g/mol. The summed E-state index contributed by atoms with van der Waals surface area (Å²) in [4.78, 5) is 0. The van der Waals surface area contributed by atoms with Gasteiger partial charge < -0.3 is 10.1 Å². The average molecular weight is 291 g/mol. The SMILES string of the molecule is CNC(Cc1ccc(F)c(F)c1)c1ccc(OC)cc1C. The summed E-state index contributed by atoms with van der Waals surface area (Å²) in [5.41, 5.74) is 2.96. The molecular weight excluding hydrogens is 272 g/mol. The first-order valence-electron chi connectivity index (χ1n) is 6.81. The van der Waals surface area contributed by atoms with E-state index in [2.05, 4.69) is 5.32 Å². The Bertz CT molecular complexity index is 628. The predicted molar refractivity (Wildman–Crippen MR) is 79.6 cm³/mol. The molecule has 0 amide bonds. The number of nitrogens with one attached hydrogen (secondary N) is 1. The minimum atomic E-state index is -0.819. The quantitative estimate of drug-likeness (QED) is 0.905. The molecule has 0 aliphatic carbocycles. The van der Waals surface area contributed by atoms with Crippen LogP contribution in [0, 0.1) is 18.6 Å². The van der Waals surface area contributed by atoms with E-state index in [1.165, 1.54) is 6.07 Å². The Morgan fingerprint density at radius 2 is 1.86 bits per heavy atom. The summed E-state index contributed by atoms with van der Waals surface area (Å²) in [6, 6.07) is 9.91. The third-order valence-electron chi connectivity index (χ3n) is 3.62. The highest BCUT2D eigenvalue weighted by molar-refractivity contribution is 5.37. The maximum absolute atomic E-state index is 13.3. The number of rotatable bonds is 5. The van der Waals surface area contributed by atoms with Crippen molar-refractivity contribution in [3.05, 3.63) is 64.7 Å². The van der Waals surface area contributed by atoms with Crippen LogP contribution in [0.3, 0.4) is 0 Å². The number of halogens is 2. The molecule has 0 saturated carbocycles.